The van der Waals surface area contributed by atoms with Crippen LogP contribution in [0.5, 0.6) is 0 Å². The molecule has 9 heteroatoms. The summed E-state index contributed by atoms with van der Waals surface area (Å²) in [6.45, 7) is 6.61. The average Bonchev–Trinajstić information content (AvgIpc) is 2.82. The number of anilines is 1. The third-order valence-corrected chi connectivity index (χ3v) is 7.38. The van der Waals surface area contributed by atoms with E-state index in [-0.39, 0.29) is 24.8 Å². The van der Waals surface area contributed by atoms with Gasteiger partial charge in [0.2, 0.25) is 21.8 Å². The van der Waals surface area contributed by atoms with E-state index in [0.29, 0.717) is 42.2 Å². The van der Waals surface area contributed by atoms with Gasteiger partial charge in [-0.2, -0.15) is 0 Å². The fourth-order valence-electron chi connectivity index (χ4n) is 3.91. The van der Waals surface area contributed by atoms with Gasteiger partial charge in [0.1, 0.15) is 6.04 Å². The van der Waals surface area contributed by atoms with Crippen molar-refractivity contribution < 1.29 is 18.0 Å². The minimum absolute atomic E-state index is 0.107. The van der Waals surface area contributed by atoms with Crippen molar-refractivity contribution in [3.8, 4) is 0 Å². The fourth-order valence-corrected chi connectivity index (χ4v) is 5.10. The summed E-state index contributed by atoms with van der Waals surface area (Å²) < 4.78 is 26.3. The van der Waals surface area contributed by atoms with Gasteiger partial charge in [-0.1, -0.05) is 61.8 Å². The first-order valence-corrected chi connectivity index (χ1v) is 14.2. The van der Waals surface area contributed by atoms with Crippen molar-refractivity contribution in [2.75, 3.05) is 23.7 Å². The van der Waals surface area contributed by atoms with Crippen molar-refractivity contribution in [3.63, 3.8) is 0 Å². The molecule has 0 bridgehead atoms. The zero-order valence-corrected chi connectivity index (χ0v) is 22.5. The second kappa shape index (κ2) is 13.5. The number of halogens is 1. The zero-order chi connectivity index (χ0) is 26.0. The molecule has 192 valence electrons. The van der Waals surface area contributed by atoms with Crippen LogP contribution in [0.25, 0.3) is 0 Å². The predicted octanol–water partition coefficient (Wildman–Crippen LogP) is 4.53. The van der Waals surface area contributed by atoms with Crippen LogP contribution in [-0.2, 0) is 26.2 Å². The second-order valence-electron chi connectivity index (χ2n) is 8.54. The highest BCUT2D eigenvalue weighted by molar-refractivity contribution is 7.92. The molecule has 0 fully saturated rings. The molecule has 0 aromatic heterocycles. The van der Waals surface area contributed by atoms with Crippen molar-refractivity contribution in [2.45, 2.75) is 59.0 Å². The molecule has 2 rings (SSSR count). The van der Waals surface area contributed by atoms with E-state index in [9.17, 15) is 18.0 Å². The summed E-state index contributed by atoms with van der Waals surface area (Å²) >= 11 is 6.21. The fraction of sp³-hybridized carbons (Fsp3) is 0.462. The van der Waals surface area contributed by atoms with Crippen molar-refractivity contribution >= 4 is 39.1 Å². The number of rotatable bonds is 13. The monoisotopic (exact) mass is 521 g/mol. The molecule has 0 unspecified atom stereocenters. The number of nitrogens with zero attached hydrogens (tertiary/aromatic N) is 2. The number of sulfonamides is 1. The van der Waals surface area contributed by atoms with Gasteiger partial charge in [-0.15, -0.1) is 0 Å². The lowest BCUT2D eigenvalue weighted by atomic mass is 10.1. The minimum atomic E-state index is -3.58. The minimum Gasteiger partial charge on any atom is -0.354 e. The summed E-state index contributed by atoms with van der Waals surface area (Å²) in [5.74, 6) is -0.366. The third-order valence-electron chi connectivity index (χ3n) is 5.79. The maximum atomic E-state index is 13.4. The second-order valence-corrected chi connectivity index (χ2v) is 10.9. The number of hydrogen-bond donors (Lipinski definition) is 1. The summed E-state index contributed by atoms with van der Waals surface area (Å²) in [5, 5.41) is 3.38. The molecule has 1 N–H and O–H groups in total. The van der Waals surface area contributed by atoms with E-state index < -0.39 is 16.1 Å². The molecule has 2 amide bonds. The summed E-state index contributed by atoms with van der Waals surface area (Å²) in [7, 11) is -3.58. The first-order chi connectivity index (χ1) is 16.6. The first-order valence-electron chi connectivity index (χ1n) is 11.9. The van der Waals surface area contributed by atoms with Crippen LogP contribution < -0.4 is 9.62 Å². The molecule has 0 aliphatic rings. The average molecular weight is 522 g/mol. The number of amides is 2. The SMILES string of the molecule is CCCNC(=O)[C@H](CC)N(Cc1ccccc1)C(=O)CCCN(c1cccc(Cl)c1C)S(C)(=O)=O. The Morgan fingerprint density at radius 2 is 1.74 bits per heavy atom. The lowest BCUT2D eigenvalue weighted by molar-refractivity contribution is -0.141. The molecule has 0 spiro atoms. The van der Waals surface area contributed by atoms with Gasteiger partial charge >= 0.3 is 0 Å². The molecule has 7 nitrogen and oxygen atoms in total. The van der Waals surface area contributed by atoms with Crippen LogP contribution in [0.15, 0.2) is 48.5 Å². The molecule has 0 saturated heterocycles. The Morgan fingerprint density at radius 1 is 1.06 bits per heavy atom. The standard InChI is InChI=1S/C26H36ClN3O4S/c1-5-17-28-26(32)23(6-2)29(19-21-12-8-7-9-13-21)25(31)16-11-18-30(35(4,33)34)24-15-10-14-22(27)20(24)3/h7-10,12-15,23H,5-6,11,16-19H2,1-4H3,(H,28,32)/t23-/m0/s1. The molecular formula is C26H36ClN3O4S. The van der Waals surface area contributed by atoms with Gasteiger partial charge in [-0.3, -0.25) is 13.9 Å². The van der Waals surface area contributed by atoms with Crippen LogP contribution in [0.1, 0.15) is 50.7 Å². The van der Waals surface area contributed by atoms with Crippen molar-refractivity contribution in [1.29, 1.82) is 0 Å². The number of carbonyl (C=O) groups is 2. The van der Waals surface area contributed by atoms with Crippen molar-refractivity contribution in [3.05, 3.63) is 64.7 Å². The largest absolute Gasteiger partial charge is 0.354 e. The normalized spacial score (nSPS) is 12.1. The number of benzene rings is 2. The molecule has 0 saturated carbocycles. The van der Waals surface area contributed by atoms with E-state index in [4.69, 9.17) is 11.6 Å². The van der Waals surface area contributed by atoms with E-state index >= 15 is 0 Å². The first kappa shape index (κ1) is 28.7. The lowest BCUT2D eigenvalue weighted by Crippen LogP contribution is -2.49. The highest BCUT2D eigenvalue weighted by atomic mass is 35.5. The Labute approximate surface area is 214 Å². The molecule has 1 atom stereocenters. The van der Waals surface area contributed by atoms with Gasteiger partial charge in [-0.05, 0) is 49.4 Å². The van der Waals surface area contributed by atoms with Gasteiger partial charge in [0.05, 0.1) is 11.9 Å². The van der Waals surface area contributed by atoms with Crippen LogP contribution >= 0.6 is 11.6 Å². The molecule has 0 heterocycles. The van der Waals surface area contributed by atoms with Crippen LogP contribution in [0.4, 0.5) is 5.69 Å². The topological polar surface area (TPSA) is 86.8 Å². The predicted molar refractivity (Wildman–Crippen MR) is 142 cm³/mol. The van der Waals surface area contributed by atoms with E-state index in [1.807, 2.05) is 44.2 Å². The van der Waals surface area contributed by atoms with Gasteiger partial charge in [0, 0.05) is 31.1 Å². The van der Waals surface area contributed by atoms with Crippen LogP contribution in [0.2, 0.25) is 5.02 Å². The summed E-state index contributed by atoms with van der Waals surface area (Å²) in [6, 6.07) is 14.1. The van der Waals surface area contributed by atoms with Crippen LogP contribution in [0.3, 0.4) is 0 Å². The van der Waals surface area contributed by atoms with Gasteiger partial charge in [-0.25, -0.2) is 8.42 Å². The van der Waals surface area contributed by atoms with E-state index in [2.05, 4.69) is 5.32 Å². The van der Waals surface area contributed by atoms with Gasteiger partial charge in [0.15, 0.2) is 0 Å². The summed E-state index contributed by atoms with van der Waals surface area (Å²) in [6.07, 6.45) is 2.83. The van der Waals surface area contributed by atoms with E-state index in [0.717, 1.165) is 18.2 Å². The number of hydrogen-bond acceptors (Lipinski definition) is 4. The lowest BCUT2D eigenvalue weighted by Gasteiger charge is -2.31. The molecule has 35 heavy (non-hydrogen) atoms. The Kier molecular flexibility index (Phi) is 11.0. The number of nitrogens with one attached hydrogen (secondary N) is 1. The highest BCUT2D eigenvalue weighted by Crippen LogP contribution is 2.28. The molecule has 0 aliphatic carbocycles. The molecule has 2 aromatic carbocycles. The highest BCUT2D eigenvalue weighted by Gasteiger charge is 2.28. The Morgan fingerprint density at radius 3 is 2.34 bits per heavy atom. The Balaban J connectivity index is 2.21. The van der Waals surface area contributed by atoms with Gasteiger partial charge in [0.25, 0.3) is 0 Å². The van der Waals surface area contributed by atoms with Crippen LogP contribution in [0, 0.1) is 6.92 Å². The smallest absolute Gasteiger partial charge is 0.242 e. The van der Waals surface area contributed by atoms with Crippen LogP contribution in [-0.4, -0.2) is 50.5 Å². The molecular weight excluding hydrogens is 486 g/mol. The Bertz CT molecular complexity index is 1090. The maximum absolute atomic E-state index is 13.4. The van der Waals surface area contributed by atoms with Gasteiger partial charge < -0.3 is 10.2 Å². The third kappa shape index (κ3) is 8.25. The van der Waals surface area contributed by atoms with Crippen molar-refractivity contribution in [1.82, 2.24) is 10.2 Å². The summed E-state index contributed by atoms with van der Waals surface area (Å²) in [4.78, 5) is 27.8. The molecule has 0 aliphatic heterocycles. The van der Waals surface area contributed by atoms with E-state index in [1.165, 1.54) is 4.31 Å². The maximum Gasteiger partial charge on any atom is 0.242 e. The number of carbonyl (C=O) groups excluding carboxylic acids is 2. The molecule has 2 aromatic rings. The quantitative estimate of drug-likeness (QED) is 0.419. The summed E-state index contributed by atoms with van der Waals surface area (Å²) in [5.41, 5.74) is 2.09. The van der Waals surface area contributed by atoms with E-state index in [1.54, 1.807) is 30.0 Å². The Hall–Kier alpha value is -2.58. The zero-order valence-electron chi connectivity index (χ0n) is 21.0. The molecule has 0 radical (unpaired) electrons. The van der Waals surface area contributed by atoms with Crippen molar-refractivity contribution in [2.24, 2.45) is 0 Å².